The van der Waals surface area contributed by atoms with Crippen LogP contribution in [-0.4, -0.2) is 24.1 Å². The molecular formula is C15H22BrN3. The number of aromatic nitrogens is 1. The van der Waals surface area contributed by atoms with Gasteiger partial charge in [-0.25, -0.2) is 4.98 Å². The van der Waals surface area contributed by atoms with Gasteiger partial charge in [-0.05, 0) is 46.7 Å². The van der Waals surface area contributed by atoms with Crippen LogP contribution in [0.5, 0.6) is 0 Å². The summed E-state index contributed by atoms with van der Waals surface area (Å²) in [6, 6.07) is 2.95. The van der Waals surface area contributed by atoms with Gasteiger partial charge in [0.25, 0.3) is 0 Å². The van der Waals surface area contributed by atoms with E-state index in [0.29, 0.717) is 0 Å². The molecule has 3 nitrogen and oxygen atoms in total. The maximum absolute atomic E-state index is 4.67. The highest BCUT2D eigenvalue weighted by Crippen LogP contribution is 2.30. The Morgan fingerprint density at radius 2 is 2.00 bits per heavy atom. The minimum Gasteiger partial charge on any atom is -0.356 e. The summed E-state index contributed by atoms with van der Waals surface area (Å²) in [5, 5.41) is 3.60. The Hall–Kier alpha value is -0.610. The lowest BCUT2D eigenvalue weighted by Crippen LogP contribution is -2.24. The van der Waals surface area contributed by atoms with Gasteiger partial charge in [-0.1, -0.05) is 13.8 Å². The molecule has 0 amide bonds. The zero-order valence-corrected chi connectivity index (χ0v) is 13.3. The molecule has 1 N–H and O–H groups in total. The van der Waals surface area contributed by atoms with Crippen molar-refractivity contribution in [3.63, 3.8) is 0 Å². The minimum atomic E-state index is 0.739. The lowest BCUT2D eigenvalue weighted by molar-refractivity contribution is 0.494. The Kier molecular flexibility index (Phi) is 3.81. The summed E-state index contributed by atoms with van der Waals surface area (Å²) in [7, 11) is 0. The van der Waals surface area contributed by atoms with Crippen LogP contribution in [0.2, 0.25) is 0 Å². The van der Waals surface area contributed by atoms with Gasteiger partial charge in [0.2, 0.25) is 0 Å². The number of pyridine rings is 1. The first kappa shape index (κ1) is 13.4. The van der Waals surface area contributed by atoms with E-state index in [4.69, 9.17) is 0 Å². The second kappa shape index (κ2) is 5.41. The van der Waals surface area contributed by atoms with Crippen LogP contribution in [-0.2, 0) is 6.54 Å². The van der Waals surface area contributed by atoms with Crippen molar-refractivity contribution < 1.29 is 0 Å². The fraction of sp³-hybridized carbons (Fsp3) is 0.667. The van der Waals surface area contributed by atoms with Gasteiger partial charge in [0.15, 0.2) is 0 Å². The Morgan fingerprint density at radius 3 is 2.63 bits per heavy atom. The maximum atomic E-state index is 4.67. The van der Waals surface area contributed by atoms with Crippen molar-refractivity contribution in [3.8, 4) is 0 Å². The van der Waals surface area contributed by atoms with E-state index >= 15 is 0 Å². The standard InChI is InChI=1S/C15H22BrN3/c1-10-8-19(9-11(10)2)15-12(5-13(16)7-18-15)6-17-14-3-4-14/h5,7,10-11,14,17H,3-4,6,8-9H2,1-2H3. The number of nitrogens with one attached hydrogen (secondary N) is 1. The van der Waals surface area contributed by atoms with E-state index in [1.807, 2.05) is 6.20 Å². The van der Waals surface area contributed by atoms with Crippen LogP contribution in [0, 0.1) is 11.8 Å². The molecule has 1 saturated heterocycles. The first-order valence-corrected chi connectivity index (χ1v) is 8.05. The third-order valence-corrected chi connectivity index (χ3v) is 4.79. The van der Waals surface area contributed by atoms with E-state index in [0.717, 1.165) is 42.0 Å². The molecular weight excluding hydrogens is 302 g/mol. The van der Waals surface area contributed by atoms with Crippen molar-refractivity contribution in [3.05, 3.63) is 22.3 Å². The summed E-state index contributed by atoms with van der Waals surface area (Å²) in [6.07, 6.45) is 4.58. The van der Waals surface area contributed by atoms with Gasteiger partial charge in [0.05, 0.1) is 0 Å². The van der Waals surface area contributed by atoms with Crippen molar-refractivity contribution in [2.75, 3.05) is 18.0 Å². The van der Waals surface area contributed by atoms with E-state index in [1.165, 1.54) is 24.2 Å². The molecule has 0 spiro atoms. The van der Waals surface area contributed by atoms with Crippen LogP contribution in [0.25, 0.3) is 0 Å². The average Bonchev–Trinajstić information content (AvgIpc) is 3.14. The van der Waals surface area contributed by atoms with Gasteiger partial charge >= 0.3 is 0 Å². The smallest absolute Gasteiger partial charge is 0.133 e. The molecule has 19 heavy (non-hydrogen) atoms. The van der Waals surface area contributed by atoms with Crippen LogP contribution in [0.1, 0.15) is 32.3 Å². The molecule has 104 valence electrons. The van der Waals surface area contributed by atoms with Crippen molar-refractivity contribution >= 4 is 21.7 Å². The first-order valence-electron chi connectivity index (χ1n) is 7.26. The van der Waals surface area contributed by atoms with E-state index in [2.05, 4.69) is 51.0 Å². The predicted molar refractivity (Wildman–Crippen MR) is 82.3 cm³/mol. The summed E-state index contributed by atoms with van der Waals surface area (Å²) in [5.74, 6) is 2.69. The Morgan fingerprint density at radius 1 is 1.32 bits per heavy atom. The Labute approximate surface area is 123 Å². The van der Waals surface area contributed by atoms with Crippen LogP contribution < -0.4 is 10.2 Å². The summed E-state index contributed by atoms with van der Waals surface area (Å²) in [4.78, 5) is 7.12. The van der Waals surface area contributed by atoms with Crippen LogP contribution in [0.3, 0.4) is 0 Å². The summed E-state index contributed by atoms with van der Waals surface area (Å²) in [6.45, 7) is 7.88. The second-order valence-corrected chi connectivity index (χ2v) is 7.07. The third kappa shape index (κ3) is 3.11. The van der Waals surface area contributed by atoms with Gasteiger partial charge < -0.3 is 10.2 Å². The lowest BCUT2D eigenvalue weighted by Gasteiger charge is -2.21. The SMILES string of the molecule is CC1CN(c2ncc(Br)cc2CNC2CC2)CC1C. The van der Waals surface area contributed by atoms with Crippen molar-refractivity contribution in [1.29, 1.82) is 0 Å². The molecule has 0 radical (unpaired) electrons. The molecule has 0 bridgehead atoms. The number of nitrogens with zero attached hydrogens (tertiary/aromatic N) is 2. The third-order valence-electron chi connectivity index (χ3n) is 4.36. The molecule has 2 fully saturated rings. The maximum Gasteiger partial charge on any atom is 0.133 e. The van der Waals surface area contributed by atoms with Crippen LogP contribution >= 0.6 is 15.9 Å². The zero-order chi connectivity index (χ0) is 13.4. The molecule has 0 aromatic carbocycles. The zero-order valence-electron chi connectivity index (χ0n) is 11.7. The average molecular weight is 324 g/mol. The molecule has 4 heteroatoms. The fourth-order valence-corrected chi connectivity index (χ4v) is 3.11. The monoisotopic (exact) mass is 323 g/mol. The lowest BCUT2D eigenvalue weighted by atomic mass is 10.0. The number of halogens is 1. The van der Waals surface area contributed by atoms with Gasteiger partial charge in [-0.3, -0.25) is 0 Å². The molecule has 1 aromatic heterocycles. The normalized spacial score (nSPS) is 27.0. The predicted octanol–water partition coefficient (Wildman–Crippen LogP) is 3.19. The minimum absolute atomic E-state index is 0.739. The summed E-state index contributed by atoms with van der Waals surface area (Å²) < 4.78 is 1.07. The molecule has 2 unspecified atom stereocenters. The quantitative estimate of drug-likeness (QED) is 0.922. The molecule has 1 aromatic rings. The number of hydrogen-bond donors (Lipinski definition) is 1. The van der Waals surface area contributed by atoms with E-state index in [1.54, 1.807) is 0 Å². The summed E-state index contributed by atoms with van der Waals surface area (Å²) >= 11 is 3.54. The van der Waals surface area contributed by atoms with Crippen molar-refractivity contribution in [1.82, 2.24) is 10.3 Å². The highest BCUT2D eigenvalue weighted by Gasteiger charge is 2.28. The van der Waals surface area contributed by atoms with Gasteiger partial charge in [-0.2, -0.15) is 0 Å². The highest BCUT2D eigenvalue weighted by atomic mass is 79.9. The number of hydrogen-bond acceptors (Lipinski definition) is 3. The molecule has 2 atom stereocenters. The molecule has 1 aliphatic heterocycles. The fourth-order valence-electron chi connectivity index (χ4n) is 2.73. The van der Waals surface area contributed by atoms with Crippen molar-refractivity contribution in [2.45, 2.75) is 39.3 Å². The number of anilines is 1. The second-order valence-electron chi connectivity index (χ2n) is 6.15. The molecule has 1 aliphatic carbocycles. The first-order chi connectivity index (χ1) is 9.13. The van der Waals surface area contributed by atoms with E-state index < -0.39 is 0 Å². The molecule has 3 rings (SSSR count). The molecule has 2 aliphatic rings. The van der Waals surface area contributed by atoms with Gasteiger partial charge in [0.1, 0.15) is 5.82 Å². The van der Waals surface area contributed by atoms with Crippen LogP contribution in [0.4, 0.5) is 5.82 Å². The van der Waals surface area contributed by atoms with Crippen molar-refractivity contribution in [2.24, 2.45) is 11.8 Å². The van der Waals surface area contributed by atoms with E-state index in [-0.39, 0.29) is 0 Å². The van der Waals surface area contributed by atoms with Crippen LogP contribution in [0.15, 0.2) is 16.7 Å². The Bertz CT molecular complexity index is 449. The van der Waals surface area contributed by atoms with Gasteiger partial charge in [-0.15, -0.1) is 0 Å². The largest absolute Gasteiger partial charge is 0.356 e. The summed E-state index contributed by atoms with van der Waals surface area (Å²) in [5.41, 5.74) is 1.32. The number of rotatable bonds is 4. The van der Waals surface area contributed by atoms with Gasteiger partial charge in [0, 0.05) is 41.9 Å². The Balaban J connectivity index is 1.78. The van der Waals surface area contributed by atoms with E-state index in [9.17, 15) is 0 Å². The topological polar surface area (TPSA) is 28.2 Å². The molecule has 2 heterocycles. The molecule has 1 saturated carbocycles. The highest BCUT2D eigenvalue weighted by molar-refractivity contribution is 9.10.